The van der Waals surface area contributed by atoms with Gasteiger partial charge in [0.2, 0.25) is 0 Å². The van der Waals surface area contributed by atoms with Crippen LogP contribution in [0.25, 0.3) is 16.9 Å². The molecule has 0 fully saturated rings. The third-order valence-corrected chi connectivity index (χ3v) is 4.59. The van der Waals surface area contributed by atoms with Crippen LogP contribution in [-0.2, 0) is 4.74 Å². The van der Waals surface area contributed by atoms with Gasteiger partial charge in [0.15, 0.2) is 16.7 Å². The Balaban J connectivity index is 1.61. The number of hydrogen-bond donors (Lipinski definition) is 0. The lowest BCUT2D eigenvalue weighted by Gasteiger charge is -2.18. The molecular formula is C19H18ClN7O3S. The lowest BCUT2D eigenvalue weighted by Crippen LogP contribution is -2.27. The molecule has 0 N–H and O–H groups in total. The Morgan fingerprint density at radius 1 is 1.16 bits per heavy atom. The van der Waals surface area contributed by atoms with Gasteiger partial charge in [-0.25, -0.2) is 14.8 Å². The maximum absolute atomic E-state index is 12.1. The maximum atomic E-state index is 12.1. The number of hydrogen-bond acceptors (Lipinski definition) is 9. The van der Waals surface area contributed by atoms with Gasteiger partial charge in [0.25, 0.3) is 0 Å². The average Bonchev–Trinajstić information content (AvgIpc) is 3.33. The van der Waals surface area contributed by atoms with Crippen molar-refractivity contribution in [3.8, 4) is 17.3 Å². The minimum absolute atomic E-state index is 0.306. The summed E-state index contributed by atoms with van der Waals surface area (Å²) >= 11 is 7.48. The summed E-state index contributed by atoms with van der Waals surface area (Å²) in [6.45, 7) is 5.35. The topological polar surface area (TPSA) is 110 Å². The van der Waals surface area contributed by atoms with Gasteiger partial charge in [-0.05, 0) is 39.2 Å². The van der Waals surface area contributed by atoms with Crippen molar-refractivity contribution in [2.24, 2.45) is 0 Å². The highest BCUT2D eigenvalue weighted by atomic mass is 35.5. The molecule has 10 nitrogen and oxygen atoms in total. The molecule has 0 aliphatic heterocycles. The molecule has 4 rings (SSSR count). The number of fused-ring (bicyclic) bond motifs is 1. The number of benzene rings is 1. The fourth-order valence-electron chi connectivity index (χ4n) is 2.62. The van der Waals surface area contributed by atoms with Crippen molar-refractivity contribution in [3.05, 3.63) is 41.8 Å². The molecule has 0 spiro atoms. The summed E-state index contributed by atoms with van der Waals surface area (Å²) in [7, 11) is 0. The third-order valence-electron chi connectivity index (χ3n) is 3.85. The van der Waals surface area contributed by atoms with Gasteiger partial charge in [0.1, 0.15) is 27.5 Å². The largest absolute Gasteiger partial charge is 0.454 e. The van der Waals surface area contributed by atoms with Gasteiger partial charge in [-0.2, -0.15) is 14.5 Å². The molecule has 0 amide bonds. The third kappa shape index (κ3) is 4.78. The summed E-state index contributed by atoms with van der Waals surface area (Å²) in [5, 5.41) is 13.1. The number of ether oxygens (including phenoxy) is 2. The number of rotatable bonds is 4. The quantitative estimate of drug-likeness (QED) is 0.249. The predicted molar refractivity (Wildman–Crippen MR) is 115 cm³/mol. The first-order valence-corrected chi connectivity index (χ1v) is 10.7. The van der Waals surface area contributed by atoms with Crippen LogP contribution < -0.4 is 4.74 Å². The standard InChI is InChI=1S/C19H18ClN7O3S/c1-19(2,3)30-18(28)26-10-12(9-21-26)29-11-5-6-13-14(7-11)27(25-24-13)16-8-15(20)22-17(23-16)31-4/h5-10H,1-4H3. The van der Waals surface area contributed by atoms with Gasteiger partial charge >= 0.3 is 6.09 Å². The van der Waals surface area contributed by atoms with E-state index in [0.717, 1.165) is 4.68 Å². The molecule has 3 heterocycles. The summed E-state index contributed by atoms with van der Waals surface area (Å²) < 4.78 is 13.8. The highest BCUT2D eigenvalue weighted by molar-refractivity contribution is 7.98. The maximum Gasteiger partial charge on any atom is 0.435 e. The summed E-state index contributed by atoms with van der Waals surface area (Å²) in [5.41, 5.74) is 0.691. The lowest BCUT2D eigenvalue weighted by atomic mass is 10.2. The Kier molecular flexibility index (Phi) is 5.54. The Labute approximate surface area is 186 Å². The molecule has 160 valence electrons. The van der Waals surface area contributed by atoms with Gasteiger partial charge in [0, 0.05) is 12.1 Å². The summed E-state index contributed by atoms with van der Waals surface area (Å²) in [5.74, 6) is 1.37. The van der Waals surface area contributed by atoms with Crippen LogP contribution in [0.3, 0.4) is 0 Å². The molecule has 0 saturated heterocycles. The Morgan fingerprint density at radius 3 is 2.71 bits per heavy atom. The Bertz CT molecular complexity index is 1270. The van der Waals surface area contributed by atoms with Crippen molar-refractivity contribution in [2.45, 2.75) is 31.5 Å². The zero-order valence-electron chi connectivity index (χ0n) is 17.1. The SMILES string of the molecule is CSc1nc(Cl)cc(-n2nnc3ccc(Oc4cnn(C(=O)OC(C)(C)C)c4)cc32)n1. The first-order valence-electron chi connectivity index (χ1n) is 9.12. The summed E-state index contributed by atoms with van der Waals surface area (Å²) in [6.07, 6.45) is 4.14. The van der Waals surface area contributed by atoms with Crippen LogP contribution in [0.5, 0.6) is 11.5 Å². The van der Waals surface area contributed by atoms with Crippen LogP contribution in [0.2, 0.25) is 5.15 Å². The highest BCUT2D eigenvalue weighted by Gasteiger charge is 2.19. The average molecular weight is 460 g/mol. The summed E-state index contributed by atoms with van der Waals surface area (Å²) in [4.78, 5) is 20.7. The molecule has 0 unspecified atom stereocenters. The molecule has 0 radical (unpaired) electrons. The van der Waals surface area contributed by atoms with Crippen LogP contribution in [-0.4, -0.2) is 52.7 Å². The van der Waals surface area contributed by atoms with E-state index in [-0.39, 0.29) is 0 Å². The number of carbonyl (C=O) groups is 1. The molecule has 0 aliphatic rings. The molecule has 3 aromatic heterocycles. The fourth-order valence-corrected chi connectivity index (χ4v) is 3.22. The second-order valence-electron chi connectivity index (χ2n) is 7.39. The molecule has 4 aromatic rings. The van der Waals surface area contributed by atoms with Crippen molar-refractivity contribution in [2.75, 3.05) is 6.26 Å². The first kappa shape index (κ1) is 21.1. The zero-order valence-corrected chi connectivity index (χ0v) is 18.7. The van der Waals surface area contributed by atoms with Crippen molar-refractivity contribution < 1.29 is 14.3 Å². The molecular weight excluding hydrogens is 442 g/mol. The van der Waals surface area contributed by atoms with E-state index in [4.69, 9.17) is 21.1 Å². The number of carbonyl (C=O) groups excluding carboxylic acids is 1. The van der Waals surface area contributed by atoms with Gasteiger partial charge in [0.05, 0.1) is 12.4 Å². The molecule has 0 bridgehead atoms. The molecule has 1 aromatic carbocycles. The van der Waals surface area contributed by atoms with Crippen LogP contribution >= 0.6 is 23.4 Å². The molecule has 0 atom stereocenters. The predicted octanol–water partition coefficient (Wildman–Crippen LogP) is 4.36. The fraction of sp³-hybridized carbons (Fsp3) is 0.263. The van der Waals surface area contributed by atoms with E-state index in [1.165, 1.54) is 24.2 Å². The number of aromatic nitrogens is 7. The first-order chi connectivity index (χ1) is 14.7. The zero-order chi connectivity index (χ0) is 22.2. The second kappa shape index (κ2) is 8.16. The van der Waals surface area contributed by atoms with Crippen molar-refractivity contribution in [1.82, 2.24) is 34.7 Å². The van der Waals surface area contributed by atoms with Crippen LogP contribution in [0.4, 0.5) is 4.79 Å². The van der Waals surface area contributed by atoms with Crippen LogP contribution in [0.15, 0.2) is 41.8 Å². The minimum Gasteiger partial charge on any atom is -0.454 e. The van der Waals surface area contributed by atoms with E-state index < -0.39 is 11.7 Å². The summed E-state index contributed by atoms with van der Waals surface area (Å²) in [6, 6.07) is 6.87. The molecule has 12 heteroatoms. The highest BCUT2D eigenvalue weighted by Crippen LogP contribution is 2.26. The number of halogens is 1. The van der Waals surface area contributed by atoms with Gasteiger partial charge < -0.3 is 9.47 Å². The minimum atomic E-state index is -0.624. The Hall–Kier alpha value is -3.18. The van der Waals surface area contributed by atoms with Crippen LogP contribution in [0, 0.1) is 0 Å². The normalized spacial score (nSPS) is 11.6. The smallest absolute Gasteiger partial charge is 0.435 e. The number of thioether (sulfide) groups is 1. The van der Waals surface area contributed by atoms with Gasteiger partial charge in [-0.3, -0.25) is 0 Å². The lowest BCUT2D eigenvalue weighted by molar-refractivity contribution is 0.0514. The van der Waals surface area contributed by atoms with E-state index in [1.54, 1.807) is 49.7 Å². The monoisotopic (exact) mass is 459 g/mol. The van der Waals surface area contributed by atoms with E-state index >= 15 is 0 Å². The van der Waals surface area contributed by atoms with E-state index in [0.29, 0.717) is 38.7 Å². The molecule has 0 saturated carbocycles. The van der Waals surface area contributed by atoms with E-state index in [1.807, 2.05) is 6.26 Å². The van der Waals surface area contributed by atoms with Gasteiger partial charge in [-0.1, -0.05) is 28.6 Å². The van der Waals surface area contributed by atoms with Crippen molar-refractivity contribution in [3.63, 3.8) is 0 Å². The molecule has 31 heavy (non-hydrogen) atoms. The number of nitrogens with zero attached hydrogens (tertiary/aromatic N) is 7. The Morgan fingerprint density at radius 2 is 1.97 bits per heavy atom. The van der Waals surface area contributed by atoms with Crippen LogP contribution in [0.1, 0.15) is 20.8 Å². The molecule has 0 aliphatic carbocycles. The van der Waals surface area contributed by atoms with Gasteiger partial charge in [-0.15, -0.1) is 5.10 Å². The van der Waals surface area contributed by atoms with E-state index in [2.05, 4.69) is 25.4 Å². The van der Waals surface area contributed by atoms with Crippen molar-refractivity contribution in [1.29, 1.82) is 0 Å². The van der Waals surface area contributed by atoms with E-state index in [9.17, 15) is 4.79 Å². The van der Waals surface area contributed by atoms with Crippen molar-refractivity contribution >= 4 is 40.5 Å². The second-order valence-corrected chi connectivity index (χ2v) is 8.55.